The molecule has 5 nitrogen and oxygen atoms in total. The molecule has 25 heavy (non-hydrogen) atoms. The van der Waals surface area contributed by atoms with Crippen LogP contribution >= 0.6 is 0 Å². The molecule has 1 aliphatic rings. The Kier molecular flexibility index (Phi) is 5.03. The molecule has 8 heteroatoms. The van der Waals surface area contributed by atoms with Crippen LogP contribution in [0.1, 0.15) is 11.5 Å². The molecule has 134 valence electrons. The number of hydrogen-bond donors (Lipinski definition) is 1. The molecule has 0 aromatic heterocycles. The second-order valence-corrected chi connectivity index (χ2v) is 7.73. The number of nitrogens with zero attached hydrogens (tertiary/aromatic N) is 1. The van der Waals surface area contributed by atoms with Gasteiger partial charge in [-0.25, -0.2) is 8.42 Å². The van der Waals surface area contributed by atoms with Crippen LogP contribution in [0.15, 0.2) is 59.5 Å². The maximum absolute atomic E-state index is 12.9. The van der Waals surface area contributed by atoms with E-state index in [-0.39, 0.29) is 35.7 Å². The van der Waals surface area contributed by atoms with Crippen molar-refractivity contribution >= 4 is 10.0 Å². The maximum Gasteiger partial charge on any atom is 0.387 e. The van der Waals surface area contributed by atoms with E-state index in [0.717, 1.165) is 5.56 Å². The van der Waals surface area contributed by atoms with Crippen molar-refractivity contribution in [2.45, 2.75) is 23.5 Å². The topological polar surface area (TPSA) is 72.6 Å². The molecule has 1 heterocycles. The first kappa shape index (κ1) is 17.8. The van der Waals surface area contributed by atoms with E-state index in [9.17, 15) is 17.2 Å². The zero-order valence-corrected chi connectivity index (χ0v) is 14.1. The third-order valence-corrected chi connectivity index (χ3v) is 6.11. The van der Waals surface area contributed by atoms with Crippen LogP contribution in [0.5, 0.6) is 5.75 Å². The molecular formula is C17H18F2N2O3S. The molecule has 3 rings (SSSR count). The van der Waals surface area contributed by atoms with Crippen LogP contribution in [0.3, 0.4) is 0 Å². The molecule has 0 spiro atoms. The van der Waals surface area contributed by atoms with Crippen LogP contribution in [0.4, 0.5) is 8.78 Å². The number of alkyl halides is 2. The number of para-hydroxylation sites is 1. The lowest BCUT2D eigenvalue weighted by atomic mass is 9.95. The Morgan fingerprint density at radius 2 is 1.68 bits per heavy atom. The van der Waals surface area contributed by atoms with E-state index in [1.165, 1.54) is 28.6 Å². The molecule has 0 saturated carbocycles. The Morgan fingerprint density at radius 1 is 1.04 bits per heavy atom. The number of halogens is 2. The van der Waals surface area contributed by atoms with Crippen molar-refractivity contribution in [2.24, 2.45) is 5.73 Å². The third kappa shape index (κ3) is 3.65. The van der Waals surface area contributed by atoms with Crippen molar-refractivity contribution in [2.75, 3.05) is 13.1 Å². The molecule has 2 N–H and O–H groups in total. The SMILES string of the molecule is N[C@@H]1CN(S(=O)(=O)c2ccccc2OC(F)F)C[C@H]1c1ccccc1. The summed E-state index contributed by atoms with van der Waals surface area (Å²) >= 11 is 0. The van der Waals surface area contributed by atoms with E-state index in [1.54, 1.807) is 0 Å². The number of rotatable bonds is 5. The van der Waals surface area contributed by atoms with E-state index in [1.807, 2.05) is 30.3 Å². The van der Waals surface area contributed by atoms with Gasteiger partial charge in [-0.05, 0) is 17.7 Å². The minimum absolute atomic E-state index is 0.116. The number of hydrogen-bond acceptors (Lipinski definition) is 4. The van der Waals surface area contributed by atoms with Gasteiger partial charge in [-0.15, -0.1) is 0 Å². The fraction of sp³-hybridized carbons (Fsp3) is 0.294. The van der Waals surface area contributed by atoms with Crippen LogP contribution in [-0.4, -0.2) is 38.5 Å². The molecule has 0 radical (unpaired) electrons. The zero-order chi connectivity index (χ0) is 18.0. The van der Waals surface area contributed by atoms with E-state index in [0.29, 0.717) is 0 Å². The largest absolute Gasteiger partial charge is 0.433 e. The zero-order valence-electron chi connectivity index (χ0n) is 13.3. The van der Waals surface area contributed by atoms with Gasteiger partial charge in [0.25, 0.3) is 0 Å². The third-order valence-electron chi connectivity index (χ3n) is 4.24. The van der Waals surface area contributed by atoms with Gasteiger partial charge in [-0.2, -0.15) is 13.1 Å². The predicted molar refractivity (Wildman–Crippen MR) is 89.0 cm³/mol. The van der Waals surface area contributed by atoms with Gasteiger partial charge >= 0.3 is 6.61 Å². The Bertz CT molecular complexity index is 831. The fourth-order valence-corrected chi connectivity index (χ4v) is 4.66. The first-order valence-corrected chi connectivity index (χ1v) is 9.18. The summed E-state index contributed by atoms with van der Waals surface area (Å²) in [5.41, 5.74) is 7.09. The molecule has 0 aliphatic carbocycles. The Labute approximate surface area is 145 Å². The summed E-state index contributed by atoms with van der Waals surface area (Å²) in [6, 6.07) is 14.4. The first-order valence-electron chi connectivity index (χ1n) is 7.74. The summed E-state index contributed by atoms with van der Waals surface area (Å²) < 4.78 is 56.5. The first-order chi connectivity index (χ1) is 11.9. The lowest BCUT2D eigenvalue weighted by molar-refractivity contribution is -0.0517. The maximum atomic E-state index is 12.9. The summed E-state index contributed by atoms with van der Waals surface area (Å²) in [6.07, 6.45) is 0. The summed E-state index contributed by atoms with van der Waals surface area (Å²) in [4.78, 5) is -0.281. The summed E-state index contributed by atoms with van der Waals surface area (Å²) in [7, 11) is -3.99. The monoisotopic (exact) mass is 368 g/mol. The second kappa shape index (κ2) is 7.07. The molecular weight excluding hydrogens is 350 g/mol. The molecule has 0 unspecified atom stereocenters. The smallest absolute Gasteiger partial charge is 0.387 e. The van der Waals surface area contributed by atoms with Crippen molar-refractivity contribution in [1.29, 1.82) is 0 Å². The molecule has 1 saturated heterocycles. The second-order valence-electron chi connectivity index (χ2n) is 5.83. The Balaban J connectivity index is 1.89. The van der Waals surface area contributed by atoms with Gasteiger partial charge in [0.2, 0.25) is 10.0 Å². The lowest BCUT2D eigenvalue weighted by Gasteiger charge is -2.18. The van der Waals surface area contributed by atoms with E-state index >= 15 is 0 Å². The van der Waals surface area contributed by atoms with Gasteiger partial charge in [0.05, 0.1) is 0 Å². The summed E-state index contributed by atoms with van der Waals surface area (Å²) in [5, 5.41) is 0. The number of sulfonamides is 1. The van der Waals surface area contributed by atoms with Crippen LogP contribution < -0.4 is 10.5 Å². The highest BCUT2D eigenvalue weighted by molar-refractivity contribution is 7.89. The highest BCUT2D eigenvalue weighted by Gasteiger charge is 2.39. The van der Waals surface area contributed by atoms with Gasteiger partial charge in [0.1, 0.15) is 10.6 Å². The van der Waals surface area contributed by atoms with Crippen LogP contribution in [0.25, 0.3) is 0 Å². The van der Waals surface area contributed by atoms with E-state index in [4.69, 9.17) is 5.73 Å². The van der Waals surface area contributed by atoms with Crippen molar-refractivity contribution in [3.63, 3.8) is 0 Å². The Hall–Kier alpha value is -2.03. The van der Waals surface area contributed by atoms with Crippen LogP contribution in [0, 0.1) is 0 Å². The fourth-order valence-electron chi connectivity index (χ4n) is 3.04. The van der Waals surface area contributed by atoms with Crippen molar-refractivity contribution in [3.05, 3.63) is 60.2 Å². The van der Waals surface area contributed by atoms with E-state index in [2.05, 4.69) is 4.74 Å². The van der Waals surface area contributed by atoms with Gasteiger partial charge in [-0.3, -0.25) is 0 Å². The summed E-state index contributed by atoms with van der Waals surface area (Å²) in [5.74, 6) is -0.520. The number of ether oxygens (including phenoxy) is 1. The van der Waals surface area contributed by atoms with Gasteiger partial charge < -0.3 is 10.5 Å². The van der Waals surface area contributed by atoms with Gasteiger partial charge in [-0.1, -0.05) is 42.5 Å². The molecule has 0 amide bonds. The molecule has 2 aromatic carbocycles. The predicted octanol–water partition coefficient (Wildman–Crippen LogP) is 2.40. The molecule has 0 bridgehead atoms. The highest BCUT2D eigenvalue weighted by Crippen LogP contribution is 2.33. The average molecular weight is 368 g/mol. The molecule has 2 atom stereocenters. The van der Waals surface area contributed by atoms with Crippen molar-refractivity contribution < 1.29 is 21.9 Å². The minimum Gasteiger partial charge on any atom is -0.433 e. The highest BCUT2D eigenvalue weighted by atomic mass is 32.2. The van der Waals surface area contributed by atoms with E-state index < -0.39 is 16.6 Å². The lowest BCUT2D eigenvalue weighted by Crippen LogP contribution is -2.32. The summed E-state index contributed by atoms with van der Waals surface area (Å²) in [6.45, 7) is -2.80. The molecule has 1 aliphatic heterocycles. The van der Waals surface area contributed by atoms with Crippen molar-refractivity contribution in [1.82, 2.24) is 4.31 Å². The van der Waals surface area contributed by atoms with Crippen molar-refractivity contribution in [3.8, 4) is 5.75 Å². The van der Waals surface area contributed by atoms with Crippen LogP contribution in [-0.2, 0) is 10.0 Å². The number of nitrogens with two attached hydrogens (primary N) is 1. The molecule has 1 fully saturated rings. The Morgan fingerprint density at radius 3 is 2.36 bits per heavy atom. The molecule has 2 aromatic rings. The quantitative estimate of drug-likeness (QED) is 0.880. The van der Waals surface area contributed by atoms with Gasteiger partial charge in [0.15, 0.2) is 0 Å². The normalized spacial score (nSPS) is 21.6. The number of benzene rings is 2. The standard InChI is InChI=1S/C17H18F2N2O3S/c18-17(19)24-15-8-4-5-9-16(15)25(22,23)21-10-13(14(20)11-21)12-6-2-1-3-7-12/h1-9,13-14,17H,10-11,20H2/t13-,14+/m0/s1. The van der Waals surface area contributed by atoms with Gasteiger partial charge in [0, 0.05) is 25.0 Å². The average Bonchev–Trinajstić information content (AvgIpc) is 2.98. The minimum atomic E-state index is -3.99. The van der Waals surface area contributed by atoms with Crippen LogP contribution in [0.2, 0.25) is 0 Å².